The van der Waals surface area contributed by atoms with Crippen LogP contribution in [0.15, 0.2) is 150 Å². The predicted molar refractivity (Wildman–Crippen MR) is 530 cm³/mol. The number of aliphatic hydroxyl groups is 2. The normalized spacial score (nSPS) is 18.1. The second-order valence-corrected chi connectivity index (χ2v) is 53.1. The van der Waals surface area contributed by atoms with Gasteiger partial charge in [-0.15, -0.1) is 0 Å². The van der Waals surface area contributed by atoms with E-state index in [2.05, 4.69) is 13.2 Å². The monoisotopic (exact) mass is 2210 g/mol. The third-order valence-electron chi connectivity index (χ3n) is 28.3. The summed E-state index contributed by atoms with van der Waals surface area (Å²) in [4.78, 5) is 99.5. The third-order valence-corrected chi connectivity index (χ3v) is 45.7. The molecule has 0 radical (unpaired) electrons. The van der Waals surface area contributed by atoms with Crippen molar-refractivity contribution in [2.75, 3.05) is 0 Å². The summed E-state index contributed by atoms with van der Waals surface area (Å²) in [6.07, 6.45) is 21.0. The number of allylic oxidation sites excluding steroid dienone is 11. The van der Waals surface area contributed by atoms with Gasteiger partial charge < -0.3 is 0 Å². The second-order valence-electron chi connectivity index (χ2n) is 36.7. The van der Waals surface area contributed by atoms with Crippen molar-refractivity contribution in [2.24, 2.45) is 30.0 Å². The molecule has 0 aromatic carbocycles. The van der Waals surface area contributed by atoms with Gasteiger partial charge in [0.25, 0.3) is 0 Å². The van der Waals surface area contributed by atoms with Crippen molar-refractivity contribution in [3.8, 4) is 0 Å². The molecule has 12 aliphatic rings. The van der Waals surface area contributed by atoms with Gasteiger partial charge in [-0.1, -0.05) is 0 Å². The second kappa shape index (κ2) is 37.0. The minimum atomic E-state index is -6.96. The molecule has 0 amide bonds. The Morgan fingerprint density at radius 2 is 0.630 bits per heavy atom. The molecule has 6 aromatic rings. The number of nitrogens with zero attached hydrogens (tertiary/aromatic N) is 12. The first-order chi connectivity index (χ1) is 65.0. The van der Waals surface area contributed by atoms with E-state index in [-0.39, 0.29) is 127 Å². The summed E-state index contributed by atoms with van der Waals surface area (Å²) in [5.74, 6) is -6.18. The molecule has 716 valence electrons. The zero-order valence-corrected chi connectivity index (χ0v) is 88.1. The predicted octanol–water partition coefficient (Wildman–Crippen LogP) is 14.9. The molecule has 18 heterocycles. The topological polar surface area (TPSA) is 368 Å². The molecule has 35 heteroatoms. The maximum absolute atomic E-state index is 18.1. The van der Waals surface area contributed by atoms with Crippen LogP contribution in [0.5, 0.6) is 0 Å². The van der Waals surface area contributed by atoms with Crippen molar-refractivity contribution in [3.63, 3.8) is 0 Å². The van der Waals surface area contributed by atoms with Gasteiger partial charge in [0.2, 0.25) is 0 Å². The number of fused-ring (bicyclic) bond motifs is 6. The van der Waals surface area contributed by atoms with Gasteiger partial charge >= 0.3 is 815 Å². The number of aliphatic hydroxyl groups excluding tert-OH is 2. The fourth-order valence-corrected chi connectivity index (χ4v) is 40.3. The van der Waals surface area contributed by atoms with E-state index in [4.69, 9.17) is 30.0 Å². The Labute approximate surface area is 809 Å². The SMILES string of the molecule is C=CC1=C(C)C2=NC1=Cc1c(C)c(C=C)c3[n]1[Sn]([F])([F])[n]1c(c(C)c(CCC(=O)O)c1=CC1=NC(=C3)C(C)=C1CCC(=O)O)=C2.CC1=C(CCC(=O)O)C2=NC1=Cc1c(C(C)O)c(C)c3[n]1[Sn]([F])([F])[n]1c(c(C)c(CCC(=O)O)c1=C2)=CC1=NC(=C3)C(C(C)O)=C1C.CCC1=C(C)C2=NC1=Cc1c(C)c(C(C)C)c3[n]1[Sn]([F])([F])[n]1c(c(C)c(CCC(=O)O)c1=CC1=NC(=C3)C(C)=C1CCC(=O)O)=C2. The molecule has 18 bridgehead atoms. The van der Waals surface area contributed by atoms with Gasteiger partial charge in [0.05, 0.1) is 0 Å². The standard InChI is InChI=1S/C35H40N4O4.C34H38N4O6.C34H34N4O4.6FH.3Sn/c1-8-22-18(4)25-13-26-19(5)23(9-11-33(40)41)30(37-26)16-31-24(10-12-34(42)43)20(6)27(38-31)15-32-35(17(2)3)21(7)28(39-32)14-29(22)36-25;1-15-21(7-9-31(41)42)27-14-28-22(8-10-32(43)44)16(2)24(36-28)12-29-34(20(6)40)18(4)26(38-29)13-30-33(19(5)39)17(3)25(37-30)11-23(15)35-27;1-7-21-17(3)25-13-26-19(5)23(9-11-33(39)40)31(37-26)16-32-24(10-12-34(41)42)20(6)28(38-32)15-30-22(8-2)18(4)27(36-30)14-29(21)35-25;;;;;;;;;/h13-17H,8-12H2,1-7H3,(H4,36,37,38,39,40,41,42,43);11-14,19-20,39-40H,7-10H2,1-6H3,(H4,35,36,37,38,41,42,43,44);7-8,13-16H,1-2,9-12H2,3-6H3,(H4,35,36,37,38,39,40,41,42);6*1H;;;/q;;;;;;;;;3*+4/p-12. The van der Waals surface area contributed by atoms with E-state index in [9.17, 15) is 69.6 Å². The van der Waals surface area contributed by atoms with Crippen molar-refractivity contribution in [1.82, 2.24) is 16.7 Å². The average Bonchev–Trinajstić information content (AvgIpc) is 1.55. The van der Waals surface area contributed by atoms with Crippen molar-refractivity contribution in [1.29, 1.82) is 0 Å². The van der Waals surface area contributed by atoms with Crippen LogP contribution in [0.2, 0.25) is 0 Å². The number of carboxylic acid groups (broad SMARTS) is 6. The first-order valence-electron chi connectivity index (χ1n) is 45.7. The first kappa shape index (κ1) is 99.0. The van der Waals surface area contributed by atoms with Crippen LogP contribution in [0, 0.1) is 41.5 Å². The zero-order chi connectivity index (χ0) is 100. The molecule has 2 atom stereocenters. The van der Waals surface area contributed by atoms with Crippen molar-refractivity contribution >= 4 is 209 Å². The van der Waals surface area contributed by atoms with Gasteiger partial charge in [0.1, 0.15) is 0 Å². The first-order valence-corrected chi connectivity index (χ1v) is 59.9. The van der Waals surface area contributed by atoms with Crippen molar-refractivity contribution < 1.29 is 86.8 Å². The molecule has 12 aliphatic heterocycles. The van der Waals surface area contributed by atoms with E-state index in [0.717, 1.165) is 47.4 Å². The van der Waals surface area contributed by atoms with Crippen LogP contribution in [0.3, 0.4) is 0 Å². The Bertz CT molecular complexity index is 7740. The van der Waals surface area contributed by atoms with Gasteiger partial charge in [0.15, 0.2) is 0 Å². The van der Waals surface area contributed by atoms with Crippen LogP contribution >= 0.6 is 0 Å². The fourth-order valence-electron chi connectivity index (χ4n) is 21.4. The summed E-state index contributed by atoms with van der Waals surface area (Å²) >= 11 is -20.5. The molecule has 138 heavy (non-hydrogen) atoms. The Hall–Kier alpha value is -12.0. The molecule has 0 spiro atoms. The molecule has 8 N–H and O–H groups in total. The number of carboxylic acids is 6. The Kier molecular flexibility index (Phi) is 26.5. The number of aliphatic carboxylic acids is 6. The zero-order valence-electron chi connectivity index (χ0n) is 79.6. The van der Waals surface area contributed by atoms with Crippen LogP contribution in [0.4, 0.5) is 17.2 Å². The third kappa shape index (κ3) is 16.6. The van der Waals surface area contributed by atoms with Crippen LogP contribution in [0.25, 0.3) is 79.0 Å². The summed E-state index contributed by atoms with van der Waals surface area (Å²) in [6, 6.07) is 0. The van der Waals surface area contributed by atoms with Gasteiger partial charge in [-0.3, -0.25) is 0 Å². The molecule has 0 saturated carbocycles. The van der Waals surface area contributed by atoms with Gasteiger partial charge in [-0.2, -0.15) is 0 Å². The van der Waals surface area contributed by atoms with E-state index in [0.29, 0.717) is 192 Å². The number of hydrogen-bond acceptors (Lipinski definition) is 14. The molecule has 0 fully saturated rings. The summed E-state index contributed by atoms with van der Waals surface area (Å²) in [5.41, 5.74) is 22.6. The van der Waals surface area contributed by atoms with E-state index in [1.807, 2.05) is 61.5 Å². The van der Waals surface area contributed by atoms with Crippen LogP contribution in [0.1, 0.15) is 253 Å². The molecule has 26 nitrogen and oxygen atoms in total. The molecule has 0 saturated heterocycles. The van der Waals surface area contributed by atoms with E-state index in [1.165, 1.54) is 15.3 Å². The fraction of sp³-hybridized carbons (Fsp3) is 0.320. The maximum atomic E-state index is 18.1. The van der Waals surface area contributed by atoms with E-state index < -0.39 is 108 Å². The molecule has 0 aliphatic carbocycles. The number of halogens is 6. The Balaban J connectivity index is 0.000000150. The summed E-state index contributed by atoms with van der Waals surface area (Å²) in [5, 5.41) is 80.7. The molecule has 6 aromatic heterocycles. The molecule has 18 rings (SSSR count). The quantitative estimate of drug-likeness (QED) is 0.0206. The Morgan fingerprint density at radius 1 is 0.326 bits per heavy atom. The molecular weight excluding hydrogens is 2100 g/mol. The molecular formula is C103H106F6N12O14Sn3. The van der Waals surface area contributed by atoms with Gasteiger partial charge in [0, 0.05) is 0 Å². The van der Waals surface area contributed by atoms with E-state index in [1.54, 1.807) is 134 Å². The minimum absolute atomic E-state index is 0.0248. The van der Waals surface area contributed by atoms with Crippen molar-refractivity contribution in [2.45, 2.75) is 219 Å². The van der Waals surface area contributed by atoms with Crippen molar-refractivity contribution in [3.05, 3.63) is 253 Å². The molecule has 2 unspecified atom stereocenters. The van der Waals surface area contributed by atoms with Gasteiger partial charge in [-0.05, 0) is 0 Å². The number of rotatable bonds is 24. The van der Waals surface area contributed by atoms with Crippen LogP contribution in [-0.4, -0.2) is 194 Å². The number of aliphatic imine (C=N–C) groups is 6. The number of hydrogen-bond donors (Lipinski definition) is 8. The van der Waals surface area contributed by atoms with Gasteiger partial charge in [-0.25, -0.2) is 0 Å². The summed E-state index contributed by atoms with van der Waals surface area (Å²) < 4.78 is 115. The summed E-state index contributed by atoms with van der Waals surface area (Å²) in [6.45, 7) is 38.8. The van der Waals surface area contributed by atoms with Crippen LogP contribution in [-0.2, 0) is 48.0 Å². The summed E-state index contributed by atoms with van der Waals surface area (Å²) in [7, 11) is 0. The van der Waals surface area contributed by atoms with Crippen LogP contribution < -0.4 is 32.1 Å². The van der Waals surface area contributed by atoms with E-state index >= 15 is 17.2 Å². The average molecular weight is 2210 g/mol. The number of carbonyl (C=O) groups is 6. The Morgan fingerprint density at radius 3 is 0.993 bits per heavy atom. The number of aromatic nitrogens is 6.